The maximum absolute atomic E-state index is 11.3. The molecular formula is C10H12BrNO2S. The van der Waals surface area contributed by atoms with Crippen molar-refractivity contribution in [3.05, 3.63) is 20.8 Å². The quantitative estimate of drug-likeness (QED) is 0.905. The van der Waals surface area contributed by atoms with Crippen LogP contribution in [0.15, 0.2) is 15.9 Å². The van der Waals surface area contributed by atoms with Gasteiger partial charge in [-0.15, -0.1) is 11.3 Å². The molecule has 5 heteroatoms. The second-order valence-electron chi connectivity index (χ2n) is 3.17. The lowest BCUT2D eigenvalue weighted by molar-refractivity contribution is -0.124. The van der Waals surface area contributed by atoms with E-state index in [1.165, 1.54) is 6.92 Å². The highest BCUT2D eigenvalue weighted by Crippen LogP contribution is 2.22. The fourth-order valence-corrected chi connectivity index (χ4v) is 2.44. The number of ketones is 1. The van der Waals surface area contributed by atoms with Crippen LogP contribution in [0.3, 0.4) is 0 Å². The van der Waals surface area contributed by atoms with Gasteiger partial charge in [0, 0.05) is 22.2 Å². The van der Waals surface area contributed by atoms with Gasteiger partial charge in [-0.3, -0.25) is 4.79 Å². The van der Waals surface area contributed by atoms with Crippen molar-refractivity contribution in [2.24, 2.45) is 0 Å². The van der Waals surface area contributed by atoms with E-state index in [9.17, 15) is 9.59 Å². The van der Waals surface area contributed by atoms with Gasteiger partial charge in [0.25, 0.3) is 0 Å². The molecule has 15 heavy (non-hydrogen) atoms. The topological polar surface area (TPSA) is 46.2 Å². The van der Waals surface area contributed by atoms with Gasteiger partial charge in [-0.2, -0.15) is 0 Å². The second kappa shape index (κ2) is 6.02. The molecule has 0 spiro atoms. The lowest BCUT2D eigenvalue weighted by atomic mass is 10.2. The molecular weight excluding hydrogens is 278 g/mol. The fraction of sp³-hybridized carbons (Fsp3) is 0.400. The Morgan fingerprint density at radius 3 is 2.73 bits per heavy atom. The number of hydrogen-bond donors (Lipinski definition) is 1. The highest BCUT2D eigenvalue weighted by atomic mass is 79.9. The zero-order valence-electron chi connectivity index (χ0n) is 8.38. The Balaban J connectivity index is 2.28. The summed E-state index contributed by atoms with van der Waals surface area (Å²) in [5, 5.41) is 4.73. The van der Waals surface area contributed by atoms with Crippen molar-refractivity contribution in [3.63, 3.8) is 0 Å². The number of Topliss-reactive ketones (excluding diaryl/α,β-unsaturated/α-hetero) is 1. The normalized spacial score (nSPS) is 10.0. The molecule has 0 aliphatic heterocycles. The van der Waals surface area contributed by atoms with Gasteiger partial charge < -0.3 is 10.1 Å². The van der Waals surface area contributed by atoms with Crippen LogP contribution in [0.2, 0.25) is 0 Å². The highest BCUT2D eigenvalue weighted by molar-refractivity contribution is 9.10. The van der Waals surface area contributed by atoms with Gasteiger partial charge in [-0.05, 0) is 34.3 Å². The maximum atomic E-state index is 11.3. The molecule has 0 fully saturated rings. The molecule has 0 saturated heterocycles. The first-order valence-corrected chi connectivity index (χ1v) is 6.25. The minimum atomic E-state index is -0.0782. The van der Waals surface area contributed by atoms with Crippen molar-refractivity contribution in [1.82, 2.24) is 5.32 Å². The Bertz CT molecular complexity index is 362. The minimum Gasteiger partial charge on any atom is -0.351 e. The van der Waals surface area contributed by atoms with Crippen LogP contribution in [0.25, 0.3) is 0 Å². The summed E-state index contributed by atoms with van der Waals surface area (Å²) in [6.45, 7) is 2.01. The largest absolute Gasteiger partial charge is 0.351 e. The SMILES string of the molecule is CC(=O)CCC(=O)NCc1sccc1Br. The van der Waals surface area contributed by atoms with Crippen molar-refractivity contribution in [2.75, 3.05) is 0 Å². The first-order chi connectivity index (χ1) is 7.09. The Morgan fingerprint density at radius 1 is 1.47 bits per heavy atom. The van der Waals surface area contributed by atoms with Crippen LogP contribution in [0.4, 0.5) is 0 Å². The molecule has 3 nitrogen and oxygen atoms in total. The highest BCUT2D eigenvalue weighted by Gasteiger charge is 2.05. The van der Waals surface area contributed by atoms with Gasteiger partial charge in [0.05, 0.1) is 6.54 Å². The van der Waals surface area contributed by atoms with Crippen molar-refractivity contribution < 1.29 is 9.59 Å². The number of nitrogens with one attached hydrogen (secondary N) is 1. The van der Waals surface area contributed by atoms with Gasteiger partial charge in [0.2, 0.25) is 5.91 Å². The van der Waals surface area contributed by atoms with Crippen molar-refractivity contribution in [1.29, 1.82) is 0 Å². The number of carbonyl (C=O) groups excluding carboxylic acids is 2. The standard InChI is InChI=1S/C10H12BrNO2S/c1-7(13)2-3-10(14)12-6-9-8(11)4-5-15-9/h4-5H,2-3,6H2,1H3,(H,12,14). The molecule has 0 aliphatic carbocycles. The van der Waals surface area contributed by atoms with Gasteiger partial charge >= 0.3 is 0 Å². The van der Waals surface area contributed by atoms with Gasteiger partial charge in [0.15, 0.2) is 0 Å². The molecule has 0 bridgehead atoms. The summed E-state index contributed by atoms with van der Waals surface area (Å²) >= 11 is 4.97. The van der Waals surface area contributed by atoms with Gasteiger partial charge in [-0.1, -0.05) is 0 Å². The molecule has 0 aromatic carbocycles. The number of rotatable bonds is 5. The number of hydrogen-bond acceptors (Lipinski definition) is 3. The summed E-state index contributed by atoms with van der Waals surface area (Å²) in [7, 11) is 0. The average molecular weight is 290 g/mol. The molecule has 1 aromatic rings. The molecule has 0 aliphatic rings. The van der Waals surface area contributed by atoms with E-state index in [0.29, 0.717) is 13.0 Å². The minimum absolute atomic E-state index is 0.0439. The summed E-state index contributed by atoms with van der Waals surface area (Å²) in [5.41, 5.74) is 0. The number of amides is 1. The molecule has 0 atom stereocenters. The average Bonchev–Trinajstić information content (AvgIpc) is 2.58. The zero-order valence-corrected chi connectivity index (χ0v) is 10.8. The van der Waals surface area contributed by atoms with Gasteiger partial charge in [-0.25, -0.2) is 0 Å². The third-order valence-electron chi connectivity index (χ3n) is 1.84. The fourth-order valence-electron chi connectivity index (χ4n) is 1.01. The summed E-state index contributed by atoms with van der Waals surface area (Å²) in [6, 6.07) is 1.95. The molecule has 1 heterocycles. The number of thiophene rings is 1. The predicted octanol–water partition coefficient (Wildman–Crippen LogP) is 2.50. The molecule has 1 aromatic heterocycles. The van der Waals surface area contributed by atoms with Crippen molar-refractivity contribution in [2.45, 2.75) is 26.3 Å². The Morgan fingerprint density at radius 2 is 2.20 bits per heavy atom. The van der Waals surface area contributed by atoms with Crippen LogP contribution in [-0.2, 0) is 16.1 Å². The van der Waals surface area contributed by atoms with Crippen LogP contribution in [0, 0.1) is 0 Å². The Kier molecular flexibility index (Phi) is 4.98. The number of carbonyl (C=O) groups is 2. The van der Waals surface area contributed by atoms with Crippen LogP contribution in [-0.4, -0.2) is 11.7 Å². The third kappa shape index (κ3) is 4.57. The van der Waals surface area contributed by atoms with Crippen LogP contribution in [0.5, 0.6) is 0 Å². The van der Waals surface area contributed by atoms with E-state index in [0.717, 1.165) is 9.35 Å². The van der Waals surface area contributed by atoms with Crippen LogP contribution >= 0.6 is 27.3 Å². The van der Waals surface area contributed by atoms with Crippen molar-refractivity contribution in [3.8, 4) is 0 Å². The molecule has 1 N–H and O–H groups in total. The Labute approximate surface area is 101 Å². The summed E-state index contributed by atoms with van der Waals surface area (Å²) < 4.78 is 1.01. The van der Waals surface area contributed by atoms with Crippen LogP contribution < -0.4 is 5.32 Å². The third-order valence-corrected chi connectivity index (χ3v) is 3.77. The summed E-state index contributed by atoms with van der Waals surface area (Å²) in [5.74, 6) is -0.0343. The van der Waals surface area contributed by atoms with Crippen LogP contribution in [0.1, 0.15) is 24.6 Å². The molecule has 82 valence electrons. The lowest BCUT2D eigenvalue weighted by Crippen LogP contribution is -2.22. The monoisotopic (exact) mass is 289 g/mol. The smallest absolute Gasteiger partial charge is 0.220 e. The zero-order chi connectivity index (χ0) is 11.3. The van der Waals surface area contributed by atoms with Gasteiger partial charge in [0.1, 0.15) is 5.78 Å². The van der Waals surface area contributed by atoms with E-state index >= 15 is 0 Å². The first kappa shape index (κ1) is 12.4. The van der Waals surface area contributed by atoms with Crippen molar-refractivity contribution >= 4 is 39.0 Å². The molecule has 1 rings (SSSR count). The summed E-state index contributed by atoms with van der Waals surface area (Å²) in [4.78, 5) is 23.0. The summed E-state index contributed by atoms with van der Waals surface area (Å²) in [6.07, 6.45) is 0.593. The lowest BCUT2D eigenvalue weighted by Gasteiger charge is -2.02. The van der Waals surface area contributed by atoms with E-state index in [2.05, 4.69) is 21.2 Å². The number of halogens is 1. The molecule has 0 saturated carbocycles. The van der Waals surface area contributed by atoms with E-state index in [1.54, 1.807) is 11.3 Å². The molecule has 0 unspecified atom stereocenters. The van der Waals surface area contributed by atoms with E-state index in [4.69, 9.17) is 0 Å². The maximum Gasteiger partial charge on any atom is 0.220 e. The van der Waals surface area contributed by atoms with E-state index < -0.39 is 0 Å². The molecule has 0 radical (unpaired) electrons. The van der Waals surface area contributed by atoms with E-state index in [-0.39, 0.29) is 18.1 Å². The first-order valence-electron chi connectivity index (χ1n) is 4.57. The second-order valence-corrected chi connectivity index (χ2v) is 5.03. The Hall–Kier alpha value is -0.680. The predicted molar refractivity (Wildman–Crippen MR) is 63.8 cm³/mol. The van der Waals surface area contributed by atoms with E-state index in [1.807, 2.05) is 11.4 Å². The molecule has 1 amide bonds.